The van der Waals surface area contributed by atoms with Crippen LogP contribution >= 0.6 is 0 Å². The molecule has 0 aromatic rings. The average Bonchev–Trinajstić information content (AvgIpc) is 2.35. The molecular weight excluding hydrogens is 222 g/mol. The summed E-state index contributed by atoms with van der Waals surface area (Å²) in [6.45, 7) is 11.3. The standard InChI is InChI=1S/C16H33NO/c1-5-7-8-9-10-12-18-15-13-14(16(15,3)4)17-11-6-2/h14-15,17H,5-13H2,1-4H3. The highest BCUT2D eigenvalue weighted by Gasteiger charge is 2.48. The van der Waals surface area contributed by atoms with Gasteiger partial charge in [0, 0.05) is 18.1 Å². The fourth-order valence-corrected chi connectivity index (χ4v) is 2.76. The summed E-state index contributed by atoms with van der Waals surface area (Å²) in [6.07, 6.45) is 9.52. The molecule has 0 aromatic heterocycles. The number of hydrogen-bond acceptors (Lipinski definition) is 2. The Hall–Kier alpha value is -0.0800. The molecule has 1 N–H and O–H groups in total. The van der Waals surface area contributed by atoms with E-state index in [2.05, 4.69) is 33.0 Å². The molecular formula is C16H33NO. The predicted octanol–water partition coefficient (Wildman–Crippen LogP) is 4.14. The van der Waals surface area contributed by atoms with Gasteiger partial charge < -0.3 is 10.1 Å². The zero-order valence-electron chi connectivity index (χ0n) is 12.9. The van der Waals surface area contributed by atoms with Crippen molar-refractivity contribution < 1.29 is 4.74 Å². The van der Waals surface area contributed by atoms with E-state index in [1.54, 1.807) is 0 Å². The van der Waals surface area contributed by atoms with Crippen LogP contribution in [0.1, 0.15) is 72.6 Å². The van der Waals surface area contributed by atoms with E-state index in [1.807, 2.05) is 0 Å². The molecule has 1 rings (SSSR count). The Morgan fingerprint density at radius 3 is 2.39 bits per heavy atom. The molecule has 2 unspecified atom stereocenters. The molecule has 0 heterocycles. The van der Waals surface area contributed by atoms with Crippen molar-refractivity contribution in [2.45, 2.75) is 84.8 Å². The Morgan fingerprint density at radius 1 is 1.06 bits per heavy atom. The highest BCUT2D eigenvalue weighted by atomic mass is 16.5. The first-order valence-electron chi connectivity index (χ1n) is 7.97. The van der Waals surface area contributed by atoms with Crippen molar-refractivity contribution in [3.05, 3.63) is 0 Å². The Kier molecular flexibility index (Phi) is 7.25. The lowest BCUT2D eigenvalue weighted by Gasteiger charge is -2.52. The second-order valence-corrected chi connectivity index (χ2v) is 6.34. The molecule has 0 amide bonds. The van der Waals surface area contributed by atoms with Gasteiger partial charge >= 0.3 is 0 Å². The van der Waals surface area contributed by atoms with Crippen LogP contribution in [0.25, 0.3) is 0 Å². The van der Waals surface area contributed by atoms with Crippen molar-refractivity contribution in [3.8, 4) is 0 Å². The van der Waals surface area contributed by atoms with Crippen LogP contribution in [0.3, 0.4) is 0 Å². The van der Waals surface area contributed by atoms with Gasteiger partial charge in [-0.3, -0.25) is 0 Å². The van der Waals surface area contributed by atoms with Gasteiger partial charge in [-0.2, -0.15) is 0 Å². The largest absolute Gasteiger partial charge is 0.378 e. The summed E-state index contributed by atoms with van der Waals surface area (Å²) in [7, 11) is 0. The van der Waals surface area contributed by atoms with Crippen LogP contribution in [0.2, 0.25) is 0 Å². The van der Waals surface area contributed by atoms with Crippen LogP contribution in [0, 0.1) is 5.41 Å². The van der Waals surface area contributed by atoms with Gasteiger partial charge in [0.05, 0.1) is 6.10 Å². The molecule has 1 aliphatic carbocycles. The molecule has 0 aliphatic heterocycles. The molecule has 108 valence electrons. The lowest BCUT2D eigenvalue weighted by molar-refractivity contribution is -0.118. The monoisotopic (exact) mass is 255 g/mol. The molecule has 0 saturated heterocycles. The van der Waals surface area contributed by atoms with Gasteiger partial charge in [0.2, 0.25) is 0 Å². The Morgan fingerprint density at radius 2 is 1.78 bits per heavy atom. The lowest BCUT2D eigenvalue weighted by atomic mass is 9.64. The van der Waals surface area contributed by atoms with Crippen LogP contribution in [-0.2, 0) is 4.74 Å². The lowest BCUT2D eigenvalue weighted by Crippen LogP contribution is -2.61. The summed E-state index contributed by atoms with van der Waals surface area (Å²) in [5.74, 6) is 0. The van der Waals surface area contributed by atoms with E-state index in [0.29, 0.717) is 17.6 Å². The van der Waals surface area contributed by atoms with Crippen molar-refractivity contribution in [3.63, 3.8) is 0 Å². The van der Waals surface area contributed by atoms with Gasteiger partial charge in [-0.15, -0.1) is 0 Å². The first-order chi connectivity index (χ1) is 8.62. The van der Waals surface area contributed by atoms with Crippen molar-refractivity contribution in [1.82, 2.24) is 5.32 Å². The van der Waals surface area contributed by atoms with E-state index in [-0.39, 0.29) is 0 Å². The number of rotatable bonds is 10. The average molecular weight is 255 g/mol. The third-order valence-corrected chi connectivity index (χ3v) is 4.39. The Balaban J connectivity index is 2.06. The quantitative estimate of drug-likeness (QED) is 0.592. The number of ether oxygens (including phenoxy) is 1. The minimum absolute atomic E-state index is 0.318. The summed E-state index contributed by atoms with van der Waals surface area (Å²) in [5.41, 5.74) is 0.318. The van der Waals surface area contributed by atoms with Gasteiger partial charge in [-0.1, -0.05) is 53.4 Å². The highest BCUT2D eigenvalue weighted by molar-refractivity contribution is 5.02. The maximum Gasteiger partial charge on any atom is 0.0655 e. The predicted molar refractivity (Wildman–Crippen MR) is 79.0 cm³/mol. The number of unbranched alkanes of at least 4 members (excludes halogenated alkanes) is 4. The Bertz CT molecular complexity index is 215. The van der Waals surface area contributed by atoms with E-state index in [4.69, 9.17) is 4.74 Å². The second-order valence-electron chi connectivity index (χ2n) is 6.34. The van der Waals surface area contributed by atoms with Crippen LogP contribution < -0.4 is 5.32 Å². The zero-order chi connectivity index (χ0) is 13.4. The van der Waals surface area contributed by atoms with E-state index >= 15 is 0 Å². The van der Waals surface area contributed by atoms with Crippen molar-refractivity contribution in [2.24, 2.45) is 5.41 Å². The van der Waals surface area contributed by atoms with E-state index < -0.39 is 0 Å². The fourth-order valence-electron chi connectivity index (χ4n) is 2.76. The minimum atomic E-state index is 0.318. The summed E-state index contributed by atoms with van der Waals surface area (Å²) < 4.78 is 6.04. The molecule has 2 atom stereocenters. The van der Waals surface area contributed by atoms with Crippen LogP contribution in [0.5, 0.6) is 0 Å². The molecule has 0 spiro atoms. The van der Waals surface area contributed by atoms with E-state index in [0.717, 1.165) is 13.2 Å². The summed E-state index contributed by atoms with van der Waals surface area (Å²) in [6, 6.07) is 0.655. The highest BCUT2D eigenvalue weighted by Crippen LogP contribution is 2.42. The van der Waals surface area contributed by atoms with Gasteiger partial charge in [-0.25, -0.2) is 0 Å². The first-order valence-corrected chi connectivity index (χ1v) is 7.97. The Labute approximate surface area is 114 Å². The molecule has 1 aliphatic rings. The third kappa shape index (κ3) is 4.55. The third-order valence-electron chi connectivity index (χ3n) is 4.39. The smallest absolute Gasteiger partial charge is 0.0655 e. The van der Waals surface area contributed by atoms with Gasteiger partial charge in [0.1, 0.15) is 0 Å². The maximum atomic E-state index is 6.04. The number of hydrogen-bond donors (Lipinski definition) is 1. The molecule has 1 saturated carbocycles. The van der Waals surface area contributed by atoms with E-state index in [9.17, 15) is 0 Å². The second kappa shape index (κ2) is 8.16. The molecule has 2 heteroatoms. The molecule has 0 aromatic carbocycles. The zero-order valence-corrected chi connectivity index (χ0v) is 12.9. The topological polar surface area (TPSA) is 21.3 Å². The fraction of sp³-hybridized carbons (Fsp3) is 1.00. The molecule has 2 nitrogen and oxygen atoms in total. The van der Waals surface area contributed by atoms with Gasteiger partial charge in [-0.05, 0) is 25.8 Å². The molecule has 18 heavy (non-hydrogen) atoms. The maximum absolute atomic E-state index is 6.04. The summed E-state index contributed by atoms with van der Waals surface area (Å²) in [4.78, 5) is 0. The first kappa shape index (κ1) is 16.0. The normalized spacial score (nSPS) is 26.0. The van der Waals surface area contributed by atoms with Crippen molar-refractivity contribution in [2.75, 3.05) is 13.2 Å². The van der Waals surface area contributed by atoms with Crippen molar-refractivity contribution in [1.29, 1.82) is 0 Å². The summed E-state index contributed by atoms with van der Waals surface area (Å²) in [5, 5.41) is 3.63. The van der Waals surface area contributed by atoms with Gasteiger partial charge in [0.25, 0.3) is 0 Å². The summed E-state index contributed by atoms with van der Waals surface area (Å²) >= 11 is 0. The molecule has 0 radical (unpaired) electrons. The molecule has 1 fully saturated rings. The van der Waals surface area contributed by atoms with Crippen LogP contribution in [0.4, 0.5) is 0 Å². The van der Waals surface area contributed by atoms with Gasteiger partial charge in [0.15, 0.2) is 0 Å². The minimum Gasteiger partial charge on any atom is -0.378 e. The van der Waals surface area contributed by atoms with E-state index in [1.165, 1.54) is 44.9 Å². The van der Waals surface area contributed by atoms with Crippen molar-refractivity contribution >= 4 is 0 Å². The van der Waals surface area contributed by atoms with Crippen LogP contribution in [-0.4, -0.2) is 25.3 Å². The number of nitrogens with one attached hydrogen (secondary N) is 1. The SMILES string of the molecule is CCCCCCCOC1CC(NCCC)C1(C)C. The molecule has 0 bridgehead atoms. The van der Waals surface area contributed by atoms with Crippen LogP contribution in [0.15, 0.2) is 0 Å².